The molecule has 2 N–H and O–H groups in total. The van der Waals surface area contributed by atoms with Gasteiger partial charge in [0.25, 0.3) is 0 Å². The number of fused-ring (bicyclic) bond motifs is 1. The van der Waals surface area contributed by atoms with Gasteiger partial charge in [0.15, 0.2) is 0 Å². The average Bonchev–Trinajstić information content (AvgIpc) is 3.07. The number of nitrogens with zero attached hydrogens (tertiary/aromatic N) is 3. The van der Waals surface area contributed by atoms with Crippen molar-refractivity contribution in [1.29, 1.82) is 0 Å². The first-order chi connectivity index (χ1) is 11.9. The average molecular weight is 329 g/mol. The van der Waals surface area contributed by atoms with Crippen molar-refractivity contribution in [1.82, 2.24) is 19.9 Å². The smallest absolute Gasteiger partial charge is 0.143 e. The van der Waals surface area contributed by atoms with Crippen LogP contribution in [0.25, 0.3) is 11.0 Å². The van der Waals surface area contributed by atoms with Crippen LogP contribution < -0.4 is 5.32 Å². The van der Waals surface area contributed by atoms with Crippen LogP contribution in [0.3, 0.4) is 0 Å². The number of morpholine rings is 1. The Morgan fingerprint density at radius 2 is 2.08 bits per heavy atom. The Labute approximate surface area is 143 Å². The highest BCUT2D eigenvalue weighted by atomic mass is 16.5. The molecule has 6 nitrogen and oxygen atoms in total. The largest absolute Gasteiger partial charge is 0.379 e. The molecule has 0 amide bonds. The SMILES string of the molecule is CCc1c[nH]c2ncnc(NC3CCCCC3N3CCOCC3)c12. The highest BCUT2D eigenvalue weighted by molar-refractivity contribution is 5.90. The number of aromatic amines is 1. The molecule has 6 heteroatoms. The highest BCUT2D eigenvalue weighted by Crippen LogP contribution is 2.29. The molecule has 1 aliphatic heterocycles. The maximum atomic E-state index is 5.53. The molecule has 130 valence electrons. The van der Waals surface area contributed by atoms with E-state index in [-0.39, 0.29) is 0 Å². The van der Waals surface area contributed by atoms with Crippen LogP contribution in [-0.2, 0) is 11.2 Å². The quantitative estimate of drug-likeness (QED) is 0.902. The third-order valence-corrected chi connectivity index (χ3v) is 5.50. The minimum atomic E-state index is 0.453. The molecule has 4 rings (SSSR count). The third kappa shape index (κ3) is 3.00. The number of rotatable bonds is 4. The Balaban J connectivity index is 1.59. The van der Waals surface area contributed by atoms with Gasteiger partial charge in [-0.1, -0.05) is 19.8 Å². The molecule has 2 atom stereocenters. The molecule has 2 aliphatic rings. The van der Waals surface area contributed by atoms with Gasteiger partial charge in [-0.05, 0) is 24.8 Å². The summed E-state index contributed by atoms with van der Waals surface area (Å²) in [7, 11) is 0. The molecule has 0 bridgehead atoms. The summed E-state index contributed by atoms with van der Waals surface area (Å²) in [5, 5.41) is 4.94. The molecule has 2 aromatic rings. The van der Waals surface area contributed by atoms with Crippen LogP contribution in [0.1, 0.15) is 38.2 Å². The number of anilines is 1. The lowest BCUT2D eigenvalue weighted by atomic mass is 9.88. The van der Waals surface area contributed by atoms with Gasteiger partial charge in [0.1, 0.15) is 17.8 Å². The van der Waals surface area contributed by atoms with Crippen molar-refractivity contribution >= 4 is 16.9 Å². The lowest BCUT2D eigenvalue weighted by molar-refractivity contribution is 0.00558. The van der Waals surface area contributed by atoms with Gasteiger partial charge in [-0.3, -0.25) is 4.90 Å². The van der Waals surface area contributed by atoms with E-state index >= 15 is 0 Å². The zero-order chi connectivity index (χ0) is 16.4. The van der Waals surface area contributed by atoms with Crippen LogP contribution in [0, 0.1) is 0 Å². The van der Waals surface area contributed by atoms with Gasteiger partial charge < -0.3 is 15.0 Å². The Morgan fingerprint density at radius 3 is 2.92 bits per heavy atom. The van der Waals surface area contributed by atoms with Crippen LogP contribution in [0.5, 0.6) is 0 Å². The lowest BCUT2D eigenvalue weighted by Gasteiger charge is -2.42. The lowest BCUT2D eigenvalue weighted by Crippen LogP contribution is -2.52. The van der Waals surface area contributed by atoms with Crippen molar-refractivity contribution in [3.05, 3.63) is 18.1 Å². The predicted octanol–water partition coefficient (Wildman–Crippen LogP) is 2.58. The Bertz CT molecular complexity index is 679. The summed E-state index contributed by atoms with van der Waals surface area (Å²) in [6, 6.07) is 1.03. The van der Waals surface area contributed by atoms with E-state index in [9.17, 15) is 0 Å². The number of H-pyrrole nitrogens is 1. The van der Waals surface area contributed by atoms with Gasteiger partial charge in [-0.15, -0.1) is 0 Å². The van der Waals surface area contributed by atoms with Crippen LogP contribution in [-0.4, -0.2) is 58.2 Å². The standard InChI is InChI=1S/C18H27N5O/c1-2-13-11-19-17-16(13)18(21-12-20-17)22-14-5-3-4-6-15(14)23-7-9-24-10-8-23/h11-12,14-15H,2-10H2,1H3,(H2,19,20,21,22). The van der Waals surface area contributed by atoms with Crippen LogP contribution in [0.4, 0.5) is 5.82 Å². The van der Waals surface area contributed by atoms with Crippen LogP contribution in [0.2, 0.25) is 0 Å². The fourth-order valence-electron chi connectivity index (χ4n) is 4.22. The zero-order valence-corrected chi connectivity index (χ0v) is 14.4. The molecule has 1 saturated carbocycles. The first-order valence-corrected chi connectivity index (χ1v) is 9.26. The second kappa shape index (κ2) is 7.07. The Hall–Kier alpha value is -1.66. The fourth-order valence-corrected chi connectivity index (χ4v) is 4.22. The molecule has 0 spiro atoms. The van der Waals surface area contributed by atoms with Crippen molar-refractivity contribution in [2.75, 3.05) is 31.6 Å². The number of ether oxygens (including phenoxy) is 1. The van der Waals surface area contributed by atoms with Gasteiger partial charge >= 0.3 is 0 Å². The normalized spacial score (nSPS) is 25.9. The number of nitrogens with one attached hydrogen (secondary N) is 2. The summed E-state index contributed by atoms with van der Waals surface area (Å²) in [5.41, 5.74) is 2.22. The number of hydrogen-bond donors (Lipinski definition) is 2. The van der Waals surface area contributed by atoms with Crippen molar-refractivity contribution in [3.63, 3.8) is 0 Å². The summed E-state index contributed by atoms with van der Waals surface area (Å²) < 4.78 is 5.53. The van der Waals surface area contributed by atoms with Crippen molar-refractivity contribution in [2.24, 2.45) is 0 Å². The highest BCUT2D eigenvalue weighted by Gasteiger charge is 2.31. The monoisotopic (exact) mass is 329 g/mol. The maximum Gasteiger partial charge on any atom is 0.143 e. The van der Waals surface area contributed by atoms with Gasteiger partial charge in [0.2, 0.25) is 0 Å². The van der Waals surface area contributed by atoms with E-state index in [1.165, 1.54) is 31.2 Å². The molecule has 24 heavy (non-hydrogen) atoms. The number of aromatic nitrogens is 3. The van der Waals surface area contributed by atoms with E-state index in [4.69, 9.17) is 4.74 Å². The molecule has 2 fully saturated rings. The second-order valence-corrected chi connectivity index (χ2v) is 6.86. The molecule has 0 radical (unpaired) electrons. The molecule has 3 heterocycles. The summed E-state index contributed by atoms with van der Waals surface area (Å²) in [5.74, 6) is 0.989. The molecule has 0 aromatic carbocycles. The van der Waals surface area contributed by atoms with E-state index in [0.29, 0.717) is 12.1 Å². The van der Waals surface area contributed by atoms with Gasteiger partial charge in [0.05, 0.1) is 18.6 Å². The fraction of sp³-hybridized carbons (Fsp3) is 0.667. The van der Waals surface area contributed by atoms with Crippen molar-refractivity contribution < 1.29 is 4.74 Å². The van der Waals surface area contributed by atoms with E-state index in [1.54, 1.807) is 6.33 Å². The summed E-state index contributed by atoms with van der Waals surface area (Å²) in [6.45, 7) is 5.99. The summed E-state index contributed by atoms with van der Waals surface area (Å²) in [4.78, 5) is 14.8. The molecule has 2 unspecified atom stereocenters. The van der Waals surface area contributed by atoms with E-state index in [2.05, 4.69) is 38.3 Å². The molecule has 1 saturated heterocycles. The summed E-state index contributed by atoms with van der Waals surface area (Å²) in [6.07, 6.45) is 9.79. The van der Waals surface area contributed by atoms with E-state index in [0.717, 1.165) is 49.6 Å². The minimum absolute atomic E-state index is 0.453. The Morgan fingerprint density at radius 1 is 1.25 bits per heavy atom. The topological polar surface area (TPSA) is 66.1 Å². The van der Waals surface area contributed by atoms with E-state index < -0.39 is 0 Å². The molecule has 1 aliphatic carbocycles. The molecule has 2 aromatic heterocycles. The van der Waals surface area contributed by atoms with Crippen LogP contribution in [0.15, 0.2) is 12.5 Å². The Kier molecular flexibility index (Phi) is 4.67. The van der Waals surface area contributed by atoms with Gasteiger partial charge in [-0.2, -0.15) is 0 Å². The maximum absolute atomic E-state index is 5.53. The summed E-state index contributed by atoms with van der Waals surface area (Å²) >= 11 is 0. The first kappa shape index (κ1) is 15.8. The van der Waals surface area contributed by atoms with Gasteiger partial charge in [-0.25, -0.2) is 9.97 Å². The third-order valence-electron chi connectivity index (χ3n) is 5.50. The first-order valence-electron chi connectivity index (χ1n) is 9.26. The minimum Gasteiger partial charge on any atom is -0.379 e. The second-order valence-electron chi connectivity index (χ2n) is 6.86. The molecular formula is C18H27N5O. The van der Waals surface area contributed by atoms with Crippen molar-refractivity contribution in [3.8, 4) is 0 Å². The van der Waals surface area contributed by atoms with Gasteiger partial charge in [0, 0.05) is 31.4 Å². The number of aryl methyl sites for hydroxylation is 1. The van der Waals surface area contributed by atoms with Crippen molar-refractivity contribution in [2.45, 2.75) is 51.1 Å². The number of hydrogen-bond acceptors (Lipinski definition) is 5. The van der Waals surface area contributed by atoms with E-state index in [1.807, 2.05) is 0 Å². The zero-order valence-electron chi connectivity index (χ0n) is 14.4. The predicted molar refractivity (Wildman–Crippen MR) is 95.3 cm³/mol. The van der Waals surface area contributed by atoms with Crippen LogP contribution >= 0.6 is 0 Å². The molecular weight excluding hydrogens is 302 g/mol.